The summed E-state index contributed by atoms with van der Waals surface area (Å²) in [7, 11) is 0. The van der Waals surface area contributed by atoms with E-state index in [9.17, 15) is 0 Å². The van der Waals surface area contributed by atoms with E-state index in [1.165, 1.54) is 0 Å². The zero-order chi connectivity index (χ0) is 15.4. The van der Waals surface area contributed by atoms with Gasteiger partial charge in [0.2, 0.25) is 0 Å². The molecule has 0 spiro atoms. The van der Waals surface area contributed by atoms with Crippen LogP contribution in [-0.2, 0) is 6.42 Å². The average molecular weight is 298 g/mol. The van der Waals surface area contributed by atoms with E-state index in [1.807, 2.05) is 47.4 Å². The van der Waals surface area contributed by atoms with E-state index in [1.54, 1.807) is 0 Å². The molecule has 0 saturated heterocycles. The van der Waals surface area contributed by atoms with Gasteiger partial charge >= 0.3 is 0 Å². The molecule has 116 valence electrons. The van der Waals surface area contributed by atoms with Gasteiger partial charge in [-0.1, -0.05) is 12.1 Å². The summed E-state index contributed by atoms with van der Waals surface area (Å²) >= 11 is 0. The third kappa shape index (κ3) is 3.36. The van der Waals surface area contributed by atoms with Crippen molar-refractivity contribution >= 4 is 11.1 Å². The number of para-hydroxylation sites is 2. The predicted octanol–water partition coefficient (Wildman–Crippen LogP) is 3.20. The standard InChI is InChI=1S/C17H22N4O/c1-13(14(2)21-12-6-11-19-21)18-10-5-9-17-20-15-7-3-4-8-16(15)22-17/h3-4,6-8,11-14,18H,5,9-10H2,1-2H3. The summed E-state index contributed by atoms with van der Waals surface area (Å²) in [4.78, 5) is 4.50. The molecule has 5 nitrogen and oxygen atoms in total. The molecule has 0 amide bonds. The maximum Gasteiger partial charge on any atom is 0.195 e. The van der Waals surface area contributed by atoms with E-state index in [2.05, 4.69) is 29.2 Å². The van der Waals surface area contributed by atoms with E-state index >= 15 is 0 Å². The van der Waals surface area contributed by atoms with Crippen molar-refractivity contribution in [1.29, 1.82) is 0 Å². The minimum absolute atomic E-state index is 0.333. The molecule has 2 unspecified atom stereocenters. The number of nitrogens with zero attached hydrogens (tertiary/aromatic N) is 3. The van der Waals surface area contributed by atoms with Crippen LogP contribution in [0.25, 0.3) is 11.1 Å². The first-order chi connectivity index (χ1) is 10.7. The number of fused-ring (bicyclic) bond motifs is 1. The number of nitrogens with one attached hydrogen (secondary N) is 1. The fourth-order valence-corrected chi connectivity index (χ4v) is 2.52. The van der Waals surface area contributed by atoms with Crippen LogP contribution in [0.4, 0.5) is 0 Å². The second-order valence-electron chi connectivity index (χ2n) is 5.65. The maximum absolute atomic E-state index is 5.73. The van der Waals surface area contributed by atoms with Gasteiger partial charge in [-0.3, -0.25) is 4.68 Å². The summed E-state index contributed by atoms with van der Waals surface area (Å²) in [6, 6.07) is 10.5. The average Bonchev–Trinajstić information content (AvgIpc) is 3.19. The van der Waals surface area contributed by atoms with Crippen LogP contribution in [0.3, 0.4) is 0 Å². The van der Waals surface area contributed by atoms with Crippen LogP contribution in [0.2, 0.25) is 0 Å². The molecule has 0 fully saturated rings. The van der Waals surface area contributed by atoms with Crippen molar-refractivity contribution in [2.75, 3.05) is 6.54 Å². The third-order valence-corrected chi connectivity index (χ3v) is 4.04. The van der Waals surface area contributed by atoms with Crippen LogP contribution < -0.4 is 5.32 Å². The predicted molar refractivity (Wildman–Crippen MR) is 86.7 cm³/mol. The molecule has 2 atom stereocenters. The Hall–Kier alpha value is -2.14. The second-order valence-corrected chi connectivity index (χ2v) is 5.65. The van der Waals surface area contributed by atoms with E-state index in [0.717, 1.165) is 36.4 Å². The van der Waals surface area contributed by atoms with Crippen molar-refractivity contribution < 1.29 is 4.42 Å². The normalized spacial score (nSPS) is 14.3. The molecule has 1 aromatic carbocycles. The van der Waals surface area contributed by atoms with Crippen molar-refractivity contribution in [3.8, 4) is 0 Å². The summed E-state index contributed by atoms with van der Waals surface area (Å²) < 4.78 is 7.71. The Balaban J connectivity index is 1.45. The zero-order valence-corrected chi connectivity index (χ0v) is 13.1. The van der Waals surface area contributed by atoms with Gasteiger partial charge in [-0.05, 0) is 45.0 Å². The molecule has 0 aliphatic heterocycles. The number of rotatable bonds is 7. The highest BCUT2D eigenvalue weighted by molar-refractivity contribution is 5.72. The molecule has 0 aliphatic rings. The van der Waals surface area contributed by atoms with Gasteiger partial charge in [0.25, 0.3) is 0 Å². The largest absolute Gasteiger partial charge is 0.441 e. The van der Waals surface area contributed by atoms with Gasteiger partial charge in [-0.15, -0.1) is 0 Å². The monoisotopic (exact) mass is 298 g/mol. The Bertz CT molecular complexity index is 671. The molecular formula is C17H22N4O. The molecule has 0 saturated carbocycles. The fourth-order valence-electron chi connectivity index (χ4n) is 2.52. The molecule has 3 aromatic rings. The summed E-state index contributed by atoms with van der Waals surface area (Å²) in [6.45, 7) is 5.29. The van der Waals surface area contributed by atoms with E-state index in [4.69, 9.17) is 4.42 Å². The van der Waals surface area contributed by atoms with Crippen LogP contribution in [0.5, 0.6) is 0 Å². The molecule has 22 heavy (non-hydrogen) atoms. The molecule has 2 heterocycles. The van der Waals surface area contributed by atoms with Crippen molar-refractivity contribution in [2.45, 2.75) is 38.8 Å². The molecule has 5 heteroatoms. The third-order valence-electron chi connectivity index (χ3n) is 4.04. The van der Waals surface area contributed by atoms with Crippen LogP contribution in [0.1, 0.15) is 32.2 Å². The van der Waals surface area contributed by atoms with Crippen LogP contribution >= 0.6 is 0 Å². The first-order valence-corrected chi connectivity index (χ1v) is 7.81. The number of hydrogen-bond donors (Lipinski definition) is 1. The summed E-state index contributed by atoms with van der Waals surface area (Å²) in [5, 5.41) is 7.83. The van der Waals surface area contributed by atoms with Crippen molar-refractivity contribution in [3.05, 3.63) is 48.6 Å². The quantitative estimate of drug-likeness (QED) is 0.681. The number of hydrogen-bond acceptors (Lipinski definition) is 4. The molecule has 2 aromatic heterocycles. The van der Waals surface area contributed by atoms with Crippen LogP contribution in [0, 0.1) is 0 Å². The number of benzene rings is 1. The second kappa shape index (κ2) is 6.75. The Morgan fingerprint density at radius 2 is 2.09 bits per heavy atom. The number of aryl methyl sites for hydroxylation is 1. The molecule has 0 radical (unpaired) electrons. The molecule has 0 bridgehead atoms. The van der Waals surface area contributed by atoms with E-state index in [-0.39, 0.29) is 0 Å². The number of oxazole rings is 1. The summed E-state index contributed by atoms with van der Waals surface area (Å²) in [6.07, 6.45) is 5.67. The first-order valence-electron chi connectivity index (χ1n) is 7.81. The molecular weight excluding hydrogens is 276 g/mol. The van der Waals surface area contributed by atoms with Crippen LogP contribution in [0.15, 0.2) is 47.1 Å². The number of aromatic nitrogens is 3. The smallest absolute Gasteiger partial charge is 0.195 e. The lowest BCUT2D eigenvalue weighted by Gasteiger charge is -2.21. The van der Waals surface area contributed by atoms with Crippen LogP contribution in [-0.4, -0.2) is 27.4 Å². The minimum Gasteiger partial charge on any atom is -0.441 e. The Morgan fingerprint density at radius 3 is 2.86 bits per heavy atom. The van der Waals surface area contributed by atoms with Gasteiger partial charge in [0.05, 0.1) is 6.04 Å². The summed E-state index contributed by atoms with van der Waals surface area (Å²) in [5.41, 5.74) is 1.80. The van der Waals surface area contributed by atoms with E-state index < -0.39 is 0 Å². The van der Waals surface area contributed by atoms with Gasteiger partial charge in [0, 0.05) is 24.9 Å². The molecule has 3 rings (SSSR count). The Kier molecular flexibility index (Phi) is 4.53. The van der Waals surface area contributed by atoms with Crippen molar-refractivity contribution in [2.24, 2.45) is 0 Å². The fraction of sp³-hybridized carbons (Fsp3) is 0.412. The Morgan fingerprint density at radius 1 is 1.23 bits per heavy atom. The van der Waals surface area contributed by atoms with Gasteiger partial charge in [0.1, 0.15) is 5.52 Å². The lowest BCUT2D eigenvalue weighted by Crippen LogP contribution is -2.34. The Labute approximate surface area is 130 Å². The first kappa shape index (κ1) is 14.8. The van der Waals surface area contributed by atoms with E-state index in [0.29, 0.717) is 12.1 Å². The summed E-state index contributed by atoms with van der Waals surface area (Å²) in [5.74, 6) is 0.816. The van der Waals surface area contributed by atoms with Gasteiger partial charge < -0.3 is 9.73 Å². The molecule has 0 aliphatic carbocycles. The van der Waals surface area contributed by atoms with Gasteiger partial charge in [0.15, 0.2) is 11.5 Å². The highest BCUT2D eigenvalue weighted by Crippen LogP contribution is 2.15. The topological polar surface area (TPSA) is 55.9 Å². The zero-order valence-electron chi connectivity index (χ0n) is 13.1. The lowest BCUT2D eigenvalue weighted by atomic mass is 10.1. The van der Waals surface area contributed by atoms with Gasteiger partial charge in [-0.2, -0.15) is 5.10 Å². The lowest BCUT2D eigenvalue weighted by molar-refractivity contribution is 0.363. The highest BCUT2D eigenvalue weighted by Gasteiger charge is 2.13. The SMILES string of the molecule is CC(NCCCc1nc2ccccc2o1)C(C)n1cccn1. The van der Waals surface area contributed by atoms with Crippen molar-refractivity contribution in [1.82, 2.24) is 20.1 Å². The maximum atomic E-state index is 5.73. The molecule has 1 N–H and O–H groups in total. The van der Waals surface area contributed by atoms with Crippen molar-refractivity contribution in [3.63, 3.8) is 0 Å². The minimum atomic E-state index is 0.333. The highest BCUT2D eigenvalue weighted by atomic mass is 16.3. The van der Waals surface area contributed by atoms with Gasteiger partial charge in [-0.25, -0.2) is 4.98 Å².